The van der Waals surface area contributed by atoms with Crippen LogP contribution in [0.3, 0.4) is 0 Å². The van der Waals surface area contributed by atoms with Crippen molar-refractivity contribution < 1.29 is 5.11 Å². The molecule has 0 spiro atoms. The molecule has 1 nitrogen and oxygen atoms in total. The lowest BCUT2D eigenvalue weighted by Crippen LogP contribution is -2.04. The average molecular weight is 288 g/mol. The van der Waals surface area contributed by atoms with Crippen LogP contribution in [0, 0.1) is 23.7 Å². The van der Waals surface area contributed by atoms with Gasteiger partial charge in [0, 0.05) is 6.42 Å². The molecule has 1 atom stereocenters. The molecule has 0 aliphatic heterocycles. The van der Waals surface area contributed by atoms with Gasteiger partial charge in [0.1, 0.15) is 6.10 Å². The van der Waals surface area contributed by atoms with Crippen molar-refractivity contribution in [2.24, 2.45) is 0 Å². The lowest BCUT2D eigenvalue weighted by Gasteiger charge is -2.02. The van der Waals surface area contributed by atoms with E-state index in [1.165, 1.54) is 11.1 Å². The van der Waals surface area contributed by atoms with Gasteiger partial charge in [0.25, 0.3) is 0 Å². The predicted molar refractivity (Wildman–Crippen MR) is 91.1 cm³/mol. The molecule has 0 aliphatic carbocycles. The molecule has 1 N–H and O–H groups in total. The Morgan fingerprint density at radius 1 is 0.773 bits per heavy atom. The maximum Gasteiger partial charge on any atom is 0.116 e. The van der Waals surface area contributed by atoms with Gasteiger partial charge < -0.3 is 5.11 Å². The Morgan fingerprint density at radius 3 is 2.00 bits per heavy atom. The maximum atomic E-state index is 9.80. The fourth-order valence-electron chi connectivity index (χ4n) is 2.10. The zero-order chi connectivity index (χ0) is 15.5. The van der Waals surface area contributed by atoms with Gasteiger partial charge in [-0.2, -0.15) is 0 Å². The van der Waals surface area contributed by atoms with Crippen molar-refractivity contribution in [3.05, 3.63) is 71.8 Å². The molecule has 2 aromatic rings. The van der Waals surface area contributed by atoms with Gasteiger partial charge >= 0.3 is 0 Å². The van der Waals surface area contributed by atoms with E-state index in [9.17, 15) is 5.11 Å². The predicted octanol–water partition coefficient (Wildman–Crippen LogP) is 3.62. The highest BCUT2D eigenvalue weighted by molar-refractivity contribution is 5.28. The van der Waals surface area contributed by atoms with E-state index in [-0.39, 0.29) is 0 Å². The van der Waals surface area contributed by atoms with Crippen molar-refractivity contribution in [3.8, 4) is 23.7 Å². The molecule has 1 heteroatoms. The number of aryl methyl sites for hydroxylation is 2. The van der Waals surface area contributed by atoms with E-state index in [2.05, 4.69) is 47.9 Å². The van der Waals surface area contributed by atoms with Gasteiger partial charge in [0.15, 0.2) is 0 Å². The van der Waals surface area contributed by atoms with Gasteiger partial charge in [-0.3, -0.25) is 0 Å². The number of hydrogen-bond donors (Lipinski definition) is 1. The summed E-state index contributed by atoms with van der Waals surface area (Å²) in [4.78, 5) is 0. The van der Waals surface area contributed by atoms with Crippen LogP contribution >= 0.6 is 0 Å². The molecule has 0 bridgehead atoms. The molecule has 0 unspecified atom stereocenters. The van der Waals surface area contributed by atoms with Crippen LogP contribution in [0.25, 0.3) is 0 Å². The molecule has 0 aromatic heterocycles. The lowest BCUT2D eigenvalue weighted by atomic mass is 10.1. The minimum absolute atomic E-state index is 0.608. The third-order valence-corrected chi connectivity index (χ3v) is 3.32. The van der Waals surface area contributed by atoms with Crippen molar-refractivity contribution in [3.63, 3.8) is 0 Å². The summed E-state index contributed by atoms with van der Waals surface area (Å²) in [7, 11) is 0. The Kier molecular flexibility index (Phi) is 6.83. The largest absolute Gasteiger partial charge is 0.380 e. The zero-order valence-electron chi connectivity index (χ0n) is 12.6. The molecular formula is C21H20O. The molecule has 0 saturated carbocycles. The Labute approximate surface area is 133 Å². The summed E-state index contributed by atoms with van der Waals surface area (Å²) in [6.07, 6.45) is 2.59. The van der Waals surface area contributed by atoms with E-state index < -0.39 is 6.10 Å². The van der Waals surface area contributed by atoms with E-state index in [0.29, 0.717) is 6.42 Å². The second kappa shape index (κ2) is 9.46. The number of benzene rings is 2. The third kappa shape index (κ3) is 6.31. The summed E-state index contributed by atoms with van der Waals surface area (Å²) in [5.74, 6) is 11.4. The van der Waals surface area contributed by atoms with Crippen LogP contribution in [-0.2, 0) is 12.8 Å². The first-order valence-electron chi connectivity index (χ1n) is 7.59. The van der Waals surface area contributed by atoms with Gasteiger partial charge in [0.2, 0.25) is 0 Å². The van der Waals surface area contributed by atoms with Crippen LogP contribution in [0.4, 0.5) is 0 Å². The number of hydrogen-bond acceptors (Lipinski definition) is 1. The Bertz CT molecular complexity index is 666. The molecule has 0 radical (unpaired) electrons. The summed E-state index contributed by atoms with van der Waals surface area (Å²) in [6.45, 7) is 0. The molecule has 22 heavy (non-hydrogen) atoms. The maximum absolute atomic E-state index is 9.80. The van der Waals surface area contributed by atoms with E-state index in [1.807, 2.05) is 36.4 Å². The van der Waals surface area contributed by atoms with Gasteiger partial charge in [0.05, 0.1) is 0 Å². The minimum atomic E-state index is -0.608. The number of aliphatic hydroxyl groups is 1. The standard InChI is InChI=1S/C21H20O/c22-21(18-17-20-14-8-4-9-15-20)16-10-2-1-5-11-19-12-6-3-7-13-19/h3-4,6-9,12-15,21-22H,5,11,17-18H2/t21-/m0/s1. The molecule has 2 aromatic carbocycles. The first-order valence-corrected chi connectivity index (χ1v) is 7.59. The van der Waals surface area contributed by atoms with Crippen LogP contribution in [0.5, 0.6) is 0 Å². The summed E-state index contributed by atoms with van der Waals surface area (Å²) in [5.41, 5.74) is 2.50. The molecule has 0 aliphatic rings. The summed E-state index contributed by atoms with van der Waals surface area (Å²) < 4.78 is 0. The van der Waals surface area contributed by atoms with Crippen LogP contribution in [-0.4, -0.2) is 11.2 Å². The summed E-state index contributed by atoms with van der Waals surface area (Å²) in [5, 5.41) is 9.80. The molecule has 0 fully saturated rings. The normalized spacial score (nSPS) is 10.8. The summed E-state index contributed by atoms with van der Waals surface area (Å²) in [6, 6.07) is 20.4. The Balaban J connectivity index is 1.68. The minimum Gasteiger partial charge on any atom is -0.380 e. The van der Waals surface area contributed by atoms with Gasteiger partial charge in [-0.1, -0.05) is 72.5 Å². The smallest absolute Gasteiger partial charge is 0.116 e. The van der Waals surface area contributed by atoms with Crippen LogP contribution in [0.2, 0.25) is 0 Å². The third-order valence-electron chi connectivity index (χ3n) is 3.32. The van der Waals surface area contributed by atoms with Crippen LogP contribution in [0.1, 0.15) is 24.0 Å². The molecular weight excluding hydrogens is 268 g/mol. The van der Waals surface area contributed by atoms with E-state index in [4.69, 9.17) is 0 Å². The monoisotopic (exact) mass is 288 g/mol. The van der Waals surface area contributed by atoms with Gasteiger partial charge in [-0.05, 0) is 42.2 Å². The number of aliphatic hydroxyl groups excluding tert-OH is 1. The van der Waals surface area contributed by atoms with Crippen molar-refractivity contribution >= 4 is 0 Å². The fraction of sp³-hybridized carbons (Fsp3) is 0.238. The lowest BCUT2D eigenvalue weighted by molar-refractivity contribution is 0.222. The van der Waals surface area contributed by atoms with Crippen molar-refractivity contribution in [1.29, 1.82) is 0 Å². The van der Waals surface area contributed by atoms with Gasteiger partial charge in [-0.25, -0.2) is 0 Å². The Hall–Kier alpha value is -2.48. The van der Waals surface area contributed by atoms with Crippen LogP contribution < -0.4 is 0 Å². The second-order valence-electron chi connectivity index (χ2n) is 5.10. The summed E-state index contributed by atoms with van der Waals surface area (Å²) >= 11 is 0. The van der Waals surface area contributed by atoms with Crippen molar-refractivity contribution in [2.45, 2.75) is 31.8 Å². The van der Waals surface area contributed by atoms with Crippen molar-refractivity contribution in [2.75, 3.05) is 0 Å². The Morgan fingerprint density at radius 2 is 1.36 bits per heavy atom. The van der Waals surface area contributed by atoms with E-state index in [0.717, 1.165) is 19.3 Å². The quantitative estimate of drug-likeness (QED) is 0.833. The van der Waals surface area contributed by atoms with E-state index in [1.54, 1.807) is 0 Å². The highest BCUT2D eigenvalue weighted by Crippen LogP contribution is 2.04. The molecule has 0 heterocycles. The van der Waals surface area contributed by atoms with Crippen molar-refractivity contribution in [1.82, 2.24) is 0 Å². The van der Waals surface area contributed by atoms with E-state index >= 15 is 0 Å². The molecule has 0 amide bonds. The van der Waals surface area contributed by atoms with Gasteiger partial charge in [-0.15, -0.1) is 0 Å². The fourth-order valence-corrected chi connectivity index (χ4v) is 2.10. The average Bonchev–Trinajstić information content (AvgIpc) is 2.58. The highest BCUT2D eigenvalue weighted by atomic mass is 16.3. The first kappa shape index (κ1) is 15.9. The first-order chi connectivity index (χ1) is 10.8. The number of rotatable bonds is 5. The topological polar surface area (TPSA) is 20.2 Å². The SMILES string of the molecule is O[C@@H](C#CC#CCCc1ccccc1)CCc1ccccc1. The molecule has 110 valence electrons. The second-order valence-corrected chi connectivity index (χ2v) is 5.10. The highest BCUT2D eigenvalue weighted by Gasteiger charge is 1.99. The molecule has 2 rings (SSSR count). The zero-order valence-corrected chi connectivity index (χ0v) is 12.6. The van der Waals surface area contributed by atoms with Crippen LogP contribution in [0.15, 0.2) is 60.7 Å². The molecule has 0 saturated heterocycles.